The molecule has 3 aromatic carbocycles. The Labute approximate surface area is 242 Å². The lowest BCUT2D eigenvalue weighted by atomic mass is 9.97. The highest BCUT2D eigenvalue weighted by Gasteiger charge is 2.31. The molecule has 0 aliphatic carbocycles. The van der Waals surface area contributed by atoms with Gasteiger partial charge < -0.3 is 31.1 Å². The number of phenols is 1. The maximum atomic E-state index is 13.6. The molecule has 0 spiro atoms. The van der Waals surface area contributed by atoms with Gasteiger partial charge in [-0.15, -0.1) is 0 Å². The van der Waals surface area contributed by atoms with Gasteiger partial charge in [0.2, 0.25) is 11.8 Å². The second kappa shape index (κ2) is 12.7. The predicted molar refractivity (Wildman–Crippen MR) is 152 cm³/mol. The number of fused-ring (bicyclic) bond motifs is 2. The summed E-state index contributed by atoms with van der Waals surface area (Å²) in [6.45, 7) is 4.22. The fourth-order valence-corrected chi connectivity index (χ4v) is 4.89. The lowest BCUT2D eigenvalue weighted by Crippen LogP contribution is -2.49. The summed E-state index contributed by atoms with van der Waals surface area (Å²) in [5, 5.41) is 9.34. The number of carbonyl (C=O) groups is 4. The van der Waals surface area contributed by atoms with Gasteiger partial charge in [-0.3, -0.25) is 19.2 Å². The van der Waals surface area contributed by atoms with Gasteiger partial charge in [-0.25, -0.2) is 4.39 Å². The number of benzene rings is 3. The predicted octanol–water partition coefficient (Wildman–Crippen LogP) is 2.54. The van der Waals surface area contributed by atoms with Gasteiger partial charge in [0.15, 0.2) is 0 Å². The monoisotopic (exact) mass is 576 g/mol. The molecule has 2 atom stereocenters. The molecule has 0 fully saturated rings. The van der Waals surface area contributed by atoms with Gasteiger partial charge in [0, 0.05) is 29.8 Å². The minimum absolute atomic E-state index is 0.115. The Balaban J connectivity index is 0.000000208. The van der Waals surface area contributed by atoms with Crippen LogP contribution in [-0.4, -0.2) is 63.7 Å². The van der Waals surface area contributed by atoms with E-state index in [4.69, 9.17) is 16.2 Å². The maximum Gasteiger partial charge on any atom is 0.254 e. The minimum Gasteiger partial charge on any atom is -0.508 e. The zero-order valence-electron chi connectivity index (χ0n) is 23.4. The van der Waals surface area contributed by atoms with E-state index in [2.05, 4.69) is 0 Å². The van der Waals surface area contributed by atoms with E-state index in [1.807, 2.05) is 0 Å². The first-order valence-corrected chi connectivity index (χ1v) is 13.5. The van der Waals surface area contributed by atoms with Gasteiger partial charge in [-0.05, 0) is 80.3 Å². The van der Waals surface area contributed by atoms with Crippen molar-refractivity contribution in [1.29, 1.82) is 0 Å². The molecule has 5 rings (SSSR count). The van der Waals surface area contributed by atoms with E-state index in [0.29, 0.717) is 48.4 Å². The van der Waals surface area contributed by atoms with Gasteiger partial charge in [-0.2, -0.15) is 0 Å². The molecule has 0 saturated heterocycles. The van der Waals surface area contributed by atoms with Crippen molar-refractivity contribution in [2.75, 3.05) is 13.1 Å². The van der Waals surface area contributed by atoms with Gasteiger partial charge in [-0.1, -0.05) is 18.2 Å². The first kappa shape index (κ1) is 30.0. The van der Waals surface area contributed by atoms with Crippen LogP contribution in [0.25, 0.3) is 0 Å². The third-order valence-corrected chi connectivity index (χ3v) is 7.50. The Morgan fingerprint density at radius 2 is 1.38 bits per heavy atom. The van der Waals surface area contributed by atoms with Crippen molar-refractivity contribution in [3.63, 3.8) is 0 Å². The molecule has 5 N–H and O–H groups in total. The van der Waals surface area contributed by atoms with Crippen molar-refractivity contribution >= 4 is 23.6 Å². The van der Waals surface area contributed by atoms with Crippen LogP contribution >= 0.6 is 0 Å². The van der Waals surface area contributed by atoms with Crippen LogP contribution in [0.2, 0.25) is 0 Å². The summed E-state index contributed by atoms with van der Waals surface area (Å²) < 4.78 is 19.3. The molecule has 2 aliphatic rings. The number of phenolic OH excluding ortho intramolecular Hbond substituents is 1. The molecule has 2 unspecified atom stereocenters. The second-order valence-electron chi connectivity index (χ2n) is 10.2. The second-order valence-corrected chi connectivity index (χ2v) is 10.2. The molecule has 2 heterocycles. The zero-order chi connectivity index (χ0) is 30.6. The number of hydrogen-bond donors (Lipinski definition) is 3. The number of aromatic hydroxyl groups is 1. The van der Waals surface area contributed by atoms with Crippen molar-refractivity contribution in [1.82, 2.24) is 9.80 Å². The van der Waals surface area contributed by atoms with Crippen molar-refractivity contribution < 1.29 is 33.4 Å². The first-order valence-electron chi connectivity index (χ1n) is 13.5. The summed E-state index contributed by atoms with van der Waals surface area (Å²) >= 11 is 0. The number of rotatable bonds is 7. The number of nitrogens with zero attached hydrogens (tertiary/aromatic N) is 2. The van der Waals surface area contributed by atoms with Gasteiger partial charge in [0.25, 0.3) is 11.8 Å². The van der Waals surface area contributed by atoms with Crippen LogP contribution in [0, 0.1) is 5.82 Å². The number of hydrogen-bond acceptors (Lipinski definition) is 6. The number of carbonyl (C=O) groups excluding carboxylic acids is 4. The van der Waals surface area contributed by atoms with Crippen molar-refractivity contribution in [2.45, 2.75) is 45.4 Å². The molecule has 4 amide bonds. The average molecular weight is 577 g/mol. The molecule has 3 aromatic rings. The first-order chi connectivity index (χ1) is 20.0. The molecule has 0 radical (unpaired) electrons. The summed E-state index contributed by atoms with van der Waals surface area (Å²) in [5.41, 5.74) is 13.7. The molecule has 2 aliphatic heterocycles. The van der Waals surface area contributed by atoms with Gasteiger partial charge in [0.05, 0.1) is 0 Å². The molecule has 42 heavy (non-hydrogen) atoms. The van der Waals surface area contributed by atoms with Crippen LogP contribution in [0.1, 0.15) is 51.3 Å². The van der Waals surface area contributed by atoms with Crippen LogP contribution in [0.3, 0.4) is 0 Å². The van der Waals surface area contributed by atoms with E-state index in [0.717, 1.165) is 11.1 Å². The summed E-state index contributed by atoms with van der Waals surface area (Å²) in [6.07, 6.45) is 1.22. The molecule has 11 heteroatoms. The van der Waals surface area contributed by atoms with E-state index in [9.17, 15) is 28.7 Å². The van der Waals surface area contributed by atoms with Gasteiger partial charge in [0.1, 0.15) is 36.0 Å². The number of halogens is 1. The van der Waals surface area contributed by atoms with Crippen LogP contribution < -0.4 is 16.2 Å². The van der Waals surface area contributed by atoms with E-state index in [1.54, 1.807) is 62.4 Å². The van der Waals surface area contributed by atoms with Crippen LogP contribution in [0.4, 0.5) is 4.39 Å². The van der Waals surface area contributed by atoms with Crippen molar-refractivity contribution in [2.24, 2.45) is 11.5 Å². The largest absolute Gasteiger partial charge is 0.508 e. The Hall–Kier alpha value is -4.93. The summed E-state index contributed by atoms with van der Waals surface area (Å²) in [6, 6.07) is 15.0. The molecule has 0 saturated carbocycles. The van der Waals surface area contributed by atoms with Crippen molar-refractivity contribution in [3.8, 4) is 11.5 Å². The molecule has 10 nitrogen and oxygen atoms in total. The lowest BCUT2D eigenvalue weighted by Gasteiger charge is -2.32. The summed E-state index contributed by atoms with van der Waals surface area (Å²) in [5.74, 6) is -1.06. The SMILES string of the molecule is CC(C(N)=O)N1CCc2cc(O)ccc2C1=O.CC(C(N)=O)N1CCc2cc(OCc3ccccc3F)ccc2C1=O. The Bertz CT molecular complexity index is 1530. The fourth-order valence-electron chi connectivity index (χ4n) is 4.89. The highest BCUT2D eigenvalue weighted by Crippen LogP contribution is 2.26. The summed E-state index contributed by atoms with van der Waals surface area (Å²) in [7, 11) is 0. The Morgan fingerprint density at radius 3 is 1.93 bits per heavy atom. The Morgan fingerprint density at radius 1 is 0.857 bits per heavy atom. The quantitative estimate of drug-likeness (QED) is 0.393. The highest BCUT2D eigenvalue weighted by molar-refractivity contribution is 6.00. The molecular formula is C31H33FN4O6. The molecule has 0 bridgehead atoms. The fraction of sp³-hybridized carbons (Fsp3) is 0.290. The number of ether oxygens (including phenoxy) is 1. The highest BCUT2D eigenvalue weighted by atomic mass is 19.1. The smallest absolute Gasteiger partial charge is 0.254 e. The van der Waals surface area contributed by atoms with Crippen molar-refractivity contribution in [3.05, 3.63) is 94.3 Å². The van der Waals surface area contributed by atoms with E-state index < -0.39 is 23.9 Å². The van der Waals surface area contributed by atoms with Gasteiger partial charge >= 0.3 is 0 Å². The van der Waals surface area contributed by atoms with E-state index in [-0.39, 0.29) is 30.0 Å². The van der Waals surface area contributed by atoms with Crippen LogP contribution in [0.5, 0.6) is 11.5 Å². The Kier molecular flexibility index (Phi) is 9.09. The summed E-state index contributed by atoms with van der Waals surface area (Å²) in [4.78, 5) is 50.0. The molecule has 220 valence electrons. The normalized spacial score (nSPS) is 15.5. The molecule has 0 aromatic heterocycles. The molecular weight excluding hydrogens is 543 g/mol. The van der Waals surface area contributed by atoms with E-state index in [1.165, 1.54) is 21.9 Å². The zero-order valence-corrected chi connectivity index (χ0v) is 23.4. The maximum absolute atomic E-state index is 13.6. The third kappa shape index (κ3) is 6.51. The number of primary amides is 2. The average Bonchev–Trinajstić information content (AvgIpc) is 2.96. The third-order valence-electron chi connectivity index (χ3n) is 7.50. The topological polar surface area (TPSA) is 156 Å². The standard InChI is InChI=1S/C19H19FN2O3.C12H14N2O3/c1-12(18(21)23)22-9-8-13-10-15(6-7-16(13)19(22)24)25-11-14-4-2-3-5-17(14)20;1-7(11(13)16)14-5-4-8-6-9(15)2-3-10(8)12(14)17/h2-7,10,12H,8-9,11H2,1H3,(H2,21,23);2-3,6-7,15H,4-5H2,1H3,(H2,13,16). The number of nitrogens with two attached hydrogens (primary N) is 2. The van der Waals surface area contributed by atoms with Crippen LogP contribution in [-0.2, 0) is 29.0 Å². The van der Waals surface area contributed by atoms with E-state index >= 15 is 0 Å². The lowest BCUT2D eigenvalue weighted by molar-refractivity contribution is -0.122. The minimum atomic E-state index is -0.641. The van der Waals surface area contributed by atoms with Crippen LogP contribution in [0.15, 0.2) is 60.7 Å². The number of amides is 4.